The van der Waals surface area contributed by atoms with Gasteiger partial charge in [0, 0.05) is 25.4 Å². The van der Waals surface area contributed by atoms with E-state index in [9.17, 15) is 0 Å². The summed E-state index contributed by atoms with van der Waals surface area (Å²) in [6.45, 7) is 2.01. The summed E-state index contributed by atoms with van der Waals surface area (Å²) < 4.78 is 17.4. The zero-order chi connectivity index (χ0) is 17.1. The first-order valence-corrected chi connectivity index (χ1v) is 8.61. The van der Waals surface area contributed by atoms with Crippen molar-refractivity contribution >= 4 is 5.82 Å². The van der Waals surface area contributed by atoms with E-state index in [2.05, 4.69) is 19.9 Å². The molecule has 0 unspecified atom stereocenters. The summed E-state index contributed by atoms with van der Waals surface area (Å²) in [5.41, 5.74) is 0.928. The Labute approximate surface area is 147 Å². The molecule has 0 aliphatic carbocycles. The minimum absolute atomic E-state index is 0.00623. The molecule has 2 fully saturated rings. The smallest absolute Gasteiger partial charge is 0.218 e. The lowest BCUT2D eigenvalue weighted by Gasteiger charge is -2.32. The Morgan fingerprint density at radius 2 is 2.24 bits per heavy atom. The van der Waals surface area contributed by atoms with Gasteiger partial charge in [-0.3, -0.25) is 4.98 Å². The fourth-order valence-corrected chi connectivity index (χ4v) is 3.59. The minimum atomic E-state index is -0.00623. The molecule has 2 aromatic heterocycles. The topological polar surface area (TPSA) is 69.6 Å². The van der Waals surface area contributed by atoms with Gasteiger partial charge in [0.1, 0.15) is 24.4 Å². The standard InChI is InChI=1S/C18H22N4O3/c1-23-17-9-16(20-12-21-17)22-10-15(18-14(22)6-4-8-24-18)25-11-13-5-2-3-7-19-13/h2-3,5,7,9,12,14-15,18H,4,6,8,10-11H2,1H3/t14-,15+,18+/m0/s1. The average Bonchev–Trinajstić information content (AvgIpc) is 3.06. The number of hydrogen-bond acceptors (Lipinski definition) is 7. The van der Waals surface area contributed by atoms with Crippen LogP contribution in [0.4, 0.5) is 5.82 Å². The molecule has 2 aliphatic heterocycles. The van der Waals surface area contributed by atoms with Crippen molar-refractivity contribution < 1.29 is 14.2 Å². The van der Waals surface area contributed by atoms with E-state index in [1.54, 1.807) is 13.3 Å². The molecule has 7 heteroatoms. The van der Waals surface area contributed by atoms with E-state index in [-0.39, 0.29) is 18.2 Å². The Bertz CT molecular complexity index is 700. The van der Waals surface area contributed by atoms with Crippen molar-refractivity contribution in [1.82, 2.24) is 15.0 Å². The molecule has 2 saturated heterocycles. The Hall–Kier alpha value is -2.25. The van der Waals surface area contributed by atoms with Gasteiger partial charge in [-0.2, -0.15) is 0 Å². The highest BCUT2D eigenvalue weighted by atomic mass is 16.5. The minimum Gasteiger partial charge on any atom is -0.481 e. The first-order chi connectivity index (χ1) is 12.3. The molecule has 132 valence electrons. The van der Waals surface area contributed by atoms with Crippen LogP contribution in [-0.2, 0) is 16.1 Å². The predicted octanol–water partition coefficient (Wildman–Crippen LogP) is 1.83. The molecule has 3 atom stereocenters. The second-order valence-corrected chi connectivity index (χ2v) is 6.29. The zero-order valence-corrected chi connectivity index (χ0v) is 14.2. The Morgan fingerprint density at radius 1 is 1.28 bits per heavy atom. The Kier molecular flexibility index (Phi) is 4.76. The monoisotopic (exact) mass is 342 g/mol. The van der Waals surface area contributed by atoms with Gasteiger partial charge in [-0.25, -0.2) is 9.97 Å². The highest BCUT2D eigenvalue weighted by molar-refractivity contribution is 5.45. The van der Waals surface area contributed by atoms with Gasteiger partial charge in [0.05, 0.1) is 25.5 Å². The third kappa shape index (κ3) is 3.43. The predicted molar refractivity (Wildman–Crippen MR) is 91.5 cm³/mol. The summed E-state index contributed by atoms with van der Waals surface area (Å²) in [7, 11) is 1.61. The second kappa shape index (κ2) is 7.33. The number of anilines is 1. The number of pyridine rings is 1. The van der Waals surface area contributed by atoms with Crippen LogP contribution in [0.1, 0.15) is 18.5 Å². The summed E-state index contributed by atoms with van der Waals surface area (Å²) in [6.07, 6.45) is 5.49. The molecule has 0 N–H and O–H groups in total. The molecule has 0 bridgehead atoms. The van der Waals surface area contributed by atoms with Gasteiger partial charge in [0.25, 0.3) is 0 Å². The fourth-order valence-electron chi connectivity index (χ4n) is 3.59. The van der Waals surface area contributed by atoms with Crippen LogP contribution in [0.15, 0.2) is 36.8 Å². The lowest BCUT2D eigenvalue weighted by Crippen LogP contribution is -2.42. The maximum absolute atomic E-state index is 6.16. The number of hydrogen-bond donors (Lipinski definition) is 0. The molecule has 25 heavy (non-hydrogen) atoms. The molecule has 0 amide bonds. The van der Waals surface area contributed by atoms with Gasteiger partial charge in [-0.05, 0) is 25.0 Å². The van der Waals surface area contributed by atoms with E-state index in [0.29, 0.717) is 12.5 Å². The van der Waals surface area contributed by atoms with Crippen LogP contribution in [0.5, 0.6) is 5.88 Å². The van der Waals surface area contributed by atoms with Crippen LogP contribution >= 0.6 is 0 Å². The fraction of sp³-hybridized carbons (Fsp3) is 0.500. The van der Waals surface area contributed by atoms with Gasteiger partial charge in [-0.1, -0.05) is 6.07 Å². The van der Waals surface area contributed by atoms with E-state index in [1.807, 2.05) is 24.3 Å². The average molecular weight is 342 g/mol. The molecule has 0 spiro atoms. The summed E-state index contributed by atoms with van der Waals surface area (Å²) >= 11 is 0. The molecule has 2 aromatic rings. The number of rotatable bonds is 5. The van der Waals surface area contributed by atoms with Crippen molar-refractivity contribution in [2.24, 2.45) is 0 Å². The van der Waals surface area contributed by atoms with Gasteiger partial charge in [0.2, 0.25) is 5.88 Å². The third-order valence-corrected chi connectivity index (χ3v) is 4.78. The van der Waals surface area contributed by atoms with Crippen LogP contribution in [0, 0.1) is 0 Å². The highest BCUT2D eigenvalue weighted by Crippen LogP contribution is 2.34. The molecule has 0 saturated carbocycles. The SMILES string of the molecule is COc1cc(N2C[C@@H](OCc3ccccn3)[C@@H]3OCCC[C@@H]32)ncn1. The van der Waals surface area contributed by atoms with E-state index >= 15 is 0 Å². The molecule has 4 rings (SSSR count). The van der Waals surface area contributed by atoms with Crippen molar-refractivity contribution in [3.8, 4) is 5.88 Å². The lowest BCUT2D eigenvalue weighted by molar-refractivity contribution is -0.0789. The van der Waals surface area contributed by atoms with Gasteiger partial charge < -0.3 is 19.1 Å². The number of methoxy groups -OCH3 is 1. The first kappa shape index (κ1) is 16.2. The Morgan fingerprint density at radius 3 is 3.08 bits per heavy atom. The van der Waals surface area contributed by atoms with Crippen molar-refractivity contribution in [2.45, 2.75) is 37.7 Å². The number of ether oxygens (including phenoxy) is 3. The van der Waals surface area contributed by atoms with E-state index in [0.717, 1.165) is 37.5 Å². The van der Waals surface area contributed by atoms with E-state index in [4.69, 9.17) is 14.2 Å². The first-order valence-electron chi connectivity index (χ1n) is 8.61. The highest BCUT2D eigenvalue weighted by Gasteiger charge is 2.45. The molecule has 2 aliphatic rings. The lowest BCUT2D eigenvalue weighted by atomic mass is 10.0. The second-order valence-electron chi connectivity index (χ2n) is 6.29. The normalized spacial score (nSPS) is 25.6. The molecular formula is C18H22N4O3. The van der Waals surface area contributed by atoms with Crippen molar-refractivity contribution in [1.29, 1.82) is 0 Å². The molecule has 0 radical (unpaired) electrons. The van der Waals surface area contributed by atoms with Crippen molar-refractivity contribution in [3.05, 3.63) is 42.5 Å². The number of fused-ring (bicyclic) bond motifs is 1. The van der Waals surface area contributed by atoms with Crippen molar-refractivity contribution in [3.63, 3.8) is 0 Å². The van der Waals surface area contributed by atoms with E-state index in [1.165, 1.54) is 6.33 Å². The van der Waals surface area contributed by atoms with Crippen LogP contribution in [0.25, 0.3) is 0 Å². The maximum Gasteiger partial charge on any atom is 0.218 e. The van der Waals surface area contributed by atoms with Crippen LogP contribution < -0.4 is 9.64 Å². The number of nitrogens with zero attached hydrogens (tertiary/aromatic N) is 4. The van der Waals surface area contributed by atoms with Crippen molar-refractivity contribution in [2.75, 3.05) is 25.2 Å². The quantitative estimate of drug-likeness (QED) is 0.821. The third-order valence-electron chi connectivity index (χ3n) is 4.78. The summed E-state index contributed by atoms with van der Waals surface area (Å²) in [4.78, 5) is 15.1. The van der Waals surface area contributed by atoms with Crippen LogP contribution in [0.2, 0.25) is 0 Å². The van der Waals surface area contributed by atoms with E-state index < -0.39 is 0 Å². The molecular weight excluding hydrogens is 320 g/mol. The van der Waals surface area contributed by atoms with Gasteiger partial charge >= 0.3 is 0 Å². The van der Waals surface area contributed by atoms with Crippen LogP contribution in [-0.4, -0.2) is 53.5 Å². The Balaban J connectivity index is 1.51. The van der Waals surface area contributed by atoms with Gasteiger partial charge in [0.15, 0.2) is 0 Å². The summed E-state index contributed by atoms with van der Waals surface area (Å²) in [5.74, 6) is 1.42. The number of aromatic nitrogens is 3. The zero-order valence-electron chi connectivity index (χ0n) is 14.2. The molecule has 7 nitrogen and oxygen atoms in total. The molecule has 4 heterocycles. The summed E-state index contributed by atoms with van der Waals surface area (Å²) in [6, 6.07) is 7.99. The van der Waals surface area contributed by atoms with Gasteiger partial charge in [-0.15, -0.1) is 0 Å². The summed E-state index contributed by atoms with van der Waals surface area (Å²) in [5, 5.41) is 0. The van der Waals surface area contributed by atoms with Crippen LogP contribution in [0.3, 0.4) is 0 Å². The maximum atomic E-state index is 6.16. The molecule has 0 aromatic carbocycles. The largest absolute Gasteiger partial charge is 0.481 e.